The molecule has 0 radical (unpaired) electrons. The smallest absolute Gasteiger partial charge is 0.0498 e. The maximum atomic E-state index is 6.16. The van der Waals surface area contributed by atoms with Crippen LogP contribution >= 0.6 is 0 Å². The Morgan fingerprint density at radius 1 is 1.21 bits per heavy atom. The molecule has 3 rings (SSSR count). The predicted molar refractivity (Wildman–Crippen MR) is 81.3 cm³/mol. The molecule has 2 nitrogen and oxygen atoms in total. The van der Waals surface area contributed by atoms with E-state index in [1.54, 1.807) is 0 Å². The maximum Gasteiger partial charge on any atom is 0.0498 e. The molecule has 2 aliphatic carbocycles. The Morgan fingerprint density at radius 2 is 2.00 bits per heavy atom. The number of rotatable bonds is 4. The van der Waals surface area contributed by atoms with E-state index in [2.05, 4.69) is 36.5 Å². The molecule has 19 heavy (non-hydrogen) atoms. The zero-order valence-corrected chi connectivity index (χ0v) is 12.0. The summed E-state index contributed by atoms with van der Waals surface area (Å²) in [6.45, 7) is 2.93. The van der Waals surface area contributed by atoms with Crippen LogP contribution in [0.15, 0.2) is 24.3 Å². The highest BCUT2D eigenvalue weighted by atomic mass is 15.0. The van der Waals surface area contributed by atoms with E-state index in [1.165, 1.54) is 49.8 Å². The van der Waals surface area contributed by atoms with Crippen molar-refractivity contribution in [3.8, 4) is 0 Å². The normalized spacial score (nSPS) is 31.2. The third-order valence-corrected chi connectivity index (χ3v) is 5.11. The highest BCUT2D eigenvalue weighted by molar-refractivity contribution is 5.52. The average Bonchev–Trinajstić information content (AvgIpc) is 3.26. The van der Waals surface area contributed by atoms with Gasteiger partial charge in [0.1, 0.15) is 0 Å². The lowest BCUT2D eigenvalue weighted by atomic mass is 9.73. The Bertz CT molecular complexity index is 439. The molecule has 2 fully saturated rings. The van der Waals surface area contributed by atoms with Crippen LogP contribution in [0.2, 0.25) is 0 Å². The van der Waals surface area contributed by atoms with Crippen LogP contribution in [0.3, 0.4) is 0 Å². The summed E-state index contributed by atoms with van der Waals surface area (Å²) in [7, 11) is 0. The highest BCUT2D eigenvalue weighted by Crippen LogP contribution is 2.47. The second kappa shape index (κ2) is 5.16. The van der Waals surface area contributed by atoms with E-state index < -0.39 is 0 Å². The Labute approximate surface area is 116 Å². The number of para-hydroxylation sites is 1. The summed E-state index contributed by atoms with van der Waals surface area (Å²) in [6, 6.07) is 8.57. The lowest BCUT2D eigenvalue weighted by Gasteiger charge is -2.42. The van der Waals surface area contributed by atoms with Gasteiger partial charge in [0.2, 0.25) is 0 Å². The monoisotopic (exact) mass is 258 g/mol. The Hall–Kier alpha value is -1.02. The minimum absolute atomic E-state index is 0.137. The van der Waals surface area contributed by atoms with Crippen molar-refractivity contribution in [2.75, 3.05) is 11.9 Å². The zero-order valence-electron chi connectivity index (χ0n) is 12.0. The van der Waals surface area contributed by atoms with E-state index in [1.807, 2.05) is 0 Å². The maximum absolute atomic E-state index is 6.16. The molecule has 2 atom stereocenters. The number of nitrogens with two attached hydrogens (primary N) is 1. The number of nitrogens with one attached hydrogen (secondary N) is 1. The van der Waals surface area contributed by atoms with Crippen molar-refractivity contribution in [1.82, 2.24) is 0 Å². The first-order chi connectivity index (χ1) is 9.22. The van der Waals surface area contributed by atoms with Gasteiger partial charge in [-0.05, 0) is 56.1 Å². The number of aryl methyl sites for hydroxylation is 1. The number of hydrogen-bond donors (Lipinski definition) is 2. The van der Waals surface area contributed by atoms with Crippen LogP contribution < -0.4 is 11.1 Å². The summed E-state index contributed by atoms with van der Waals surface area (Å²) in [6.07, 6.45) is 8.15. The van der Waals surface area contributed by atoms with Crippen molar-refractivity contribution in [2.24, 2.45) is 17.6 Å². The molecule has 1 aromatic carbocycles. The molecule has 0 saturated heterocycles. The van der Waals surface area contributed by atoms with E-state index >= 15 is 0 Å². The van der Waals surface area contributed by atoms with Gasteiger partial charge in [-0.25, -0.2) is 0 Å². The van der Waals surface area contributed by atoms with Crippen LogP contribution in [0.1, 0.15) is 44.1 Å². The molecule has 2 aliphatic rings. The summed E-state index contributed by atoms with van der Waals surface area (Å²) < 4.78 is 0. The second-order valence-electron chi connectivity index (χ2n) is 6.62. The topological polar surface area (TPSA) is 38.0 Å². The van der Waals surface area contributed by atoms with Crippen LogP contribution in [0.5, 0.6) is 0 Å². The second-order valence-corrected chi connectivity index (χ2v) is 6.62. The molecule has 2 heteroatoms. The van der Waals surface area contributed by atoms with Gasteiger partial charge in [0, 0.05) is 17.8 Å². The van der Waals surface area contributed by atoms with E-state index in [9.17, 15) is 0 Å². The molecule has 0 aliphatic heterocycles. The predicted octanol–water partition coefficient (Wildman–Crippen LogP) is 3.70. The number of anilines is 1. The molecule has 0 bridgehead atoms. The molecular weight excluding hydrogens is 232 g/mol. The third-order valence-electron chi connectivity index (χ3n) is 5.11. The largest absolute Gasteiger partial charge is 0.378 e. The lowest BCUT2D eigenvalue weighted by Crippen LogP contribution is -2.49. The van der Waals surface area contributed by atoms with E-state index in [-0.39, 0.29) is 5.54 Å². The van der Waals surface area contributed by atoms with Crippen LogP contribution in [0.25, 0.3) is 0 Å². The first-order valence-corrected chi connectivity index (χ1v) is 7.76. The molecule has 3 N–H and O–H groups in total. The first-order valence-electron chi connectivity index (χ1n) is 7.76. The van der Waals surface area contributed by atoms with Crippen molar-refractivity contribution in [2.45, 2.75) is 51.0 Å². The zero-order chi connectivity index (χ0) is 13.3. The summed E-state index contributed by atoms with van der Waals surface area (Å²) in [5.41, 5.74) is 8.88. The van der Waals surface area contributed by atoms with Gasteiger partial charge in [-0.15, -0.1) is 0 Å². The van der Waals surface area contributed by atoms with Crippen molar-refractivity contribution in [3.05, 3.63) is 29.8 Å². The molecule has 2 unspecified atom stereocenters. The van der Waals surface area contributed by atoms with E-state index in [0.717, 1.165) is 18.4 Å². The summed E-state index contributed by atoms with van der Waals surface area (Å²) in [4.78, 5) is 0. The van der Waals surface area contributed by atoms with Gasteiger partial charge in [-0.1, -0.05) is 31.0 Å². The minimum Gasteiger partial charge on any atom is -0.378 e. The van der Waals surface area contributed by atoms with Gasteiger partial charge in [-0.3, -0.25) is 0 Å². The summed E-state index contributed by atoms with van der Waals surface area (Å²) in [5, 5.41) is 3.80. The lowest BCUT2D eigenvalue weighted by molar-refractivity contribution is 0.228. The quantitative estimate of drug-likeness (QED) is 0.864. The molecule has 104 valence electrons. The third kappa shape index (κ3) is 2.79. The minimum atomic E-state index is 0.137. The average molecular weight is 258 g/mol. The van der Waals surface area contributed by atoms with Crippen LogP contribution in [0, 0.1) is 18.8 Å². The Balaban J connectivity index is 1.76. The Morgan fingerprint density at radius 3 is 2.68 bits per heavy atom. The molecule has 0 aromatic heterocycles. The van der Waals surface area contributed by atoms with Crippen molar-refractivity contribution in [3.63, 3.8) is 0 Å². The van der Waals surface area contributed by atoms with Gasteiger partial charge in [-0.2, -0.15) is 0 Å². The summed E-state index contributed by atoms with van der Waals surface area (Å²) >= 11 is 0. The van der Waals surface area contributed by atoms with E-state index in [0.29, 0.717) is 0 Å². The standard InChI is InChI=1S/C17H26N2/c1-13-5-2-3-7-16(13)19-17(12-18)10-4-6-15(11-17)14-8-9-14/h2-3,5,7,14-15,19H,4,6,8-12,18H2,1H3. The van der Waals surface area contributed by atoms with Crippen LogP contribution in [-0.2, 0) is 0 Å². The van der Waals surface area contributed by atoms with E-state index in [4.69, 9.17) is 5.73 Å². The van der Waals surface area contributed by atoms with Crippen molar-refractivity contribution >= 4 is 5.69 Å². The molecular formula is C17H26N2. The first kappa shape index (κ1) is 13.0. The molecule has 1 aromatic rings. The van der Waals surface area contributed by atoms with Crippen molar-refractivity contribution in [1.29, 1.82) is 0 Å². The Kier molecular flexibility index (Phi) is 3.53. The fourth-order valence-electron chi connectivity index (χ4n) is 3.73. The SMILES string of the molecule is Cc1ccccc1NC1(CN)CCCC(C2CC2)C1. The van der Waals surface area contributed by atoms with Gasteiger partial charge >= 0.3 is 0 Å². The number of benzene rings is 1. The molecule has 0 heterocycles. The van der Waals surface area contributed by atoms with Crippen LogP contribution in [-0.4, -0.2) is 12.1 Å². The van der Waals surface area contributed by atoms with Gasteiger partial charge in [0.05, 0.1) is 0 Å². The fourth-order valence-corrected chi connectivity index (χ4v) is 3.73. The highest BCUT2D eigenvalue weighted by Gasteiger charge is 2.41. The molecule has 2 saturated carbocycles. The van der Waals surface area contributed by atoms with Crippen LogP contribution in [0.4, 0.5) is 5.69 Å². The summed E-state index contributed by atoms with van der Waals surface area (Å²) in [5.74, 6) is 1.92. The van der Waals surface area contributed by atoms with Gasteiger partial charge < -0.3 is 11.1 Å². The number of hydrogen-bond acceptors (Lipinski definition) is 2. The van der Waals surface area contributed by atoms with Gasteiger partial charge in [0.15, 0.2) is 0 Å². The fraction of sp³-hybridized carbons (Fsp3) is 0.647. The molecule has 0 amide bonds. The van der Waals surface area contributed by atoms with Gasteiger partial charge in [0.25, 0.3) is 0 Å². The van der Waals surface area contributed by atoms with Crippen molar-refractivity contribution < 1.29 is 0 Å². The molecule has 0 spiro atoms.